The Morgan fingerprint density at radius 3 is 2.65 bits per heavy atom. The number of benzene rings is 1. The van der Waals surface area contributed by atoms with Gasteiger partial charge in [0.1, 0.15) is 10.0 Å². The third-order valence-electron chi connectivity index (χ3n) is 3.35. The van der Waals surface area contributed by atoms with Crippen LogP contribution in [-0.4, -0.2) is 23.3 Å². The molecule has 134 valence electrons. The molecule has 3 rings (SSSR count). The Morgan fingerprint density at radius 1 is 1.23 bits per heavy atom. The Balaban J connectivity index is 1.76. The van der Waals surface area contributed by atoms with Crippen LogP contribution < -0.4 is 4.72 Å². The zero-order valence-corrected chi connectivity index (χ0v) is 15.4. The molecule has 1 aromatic carbocycles. The second-order valence-corrected chi connectivity index (χ2v) is 8.11. The minimum atomic E-state index is -3.95. The van der Waals surface area contributed by atoms with Crippen LogP contribution in [0.1, 0.15) is 5.69 Å². The molecule has 2 heterocycles. The first-order chi connectivity index (χ1) is 12.4. The summed E-state index contributed by atoms with van der Waals surface area (Å²) in [5.41, 5.74) is 0.949. The van der Waals surface area contributed by atoms with E-state index < -0.39 is 20.6 Å². The second kappa shape index (κ2) is 7.46. The quantitative estimate of drug-likeness (QED) is 0.492. The number of nitrogens with one attached hydrogen (secondary N) is 1. The maximum absolute atomic E-state index is 12.4. The topological polar surface area (TPSA) is 115 Å². The van der Waals surface area contributed by atoms with E-state index in [1.165, 1.54) is 23.5 Å². The number of rotatable bonds is 6. The minimum Gasteiger partial charge on any atom is -0.265 e. The van der Waals surface area contributed by atoms with Crippen molar-refractivity contribution in [2.75, 3.05) is 0 Å². The number of pyridine rings is 1. The van der Waals surface area contributed by atoms with Crippen LogP contribution in [-0.2, 0) is 16.6 Å². The molecule has 3 aromatic rings. The lowest BCUT2D eigenvalue weighted by atomic mass is 10.3. The molecule has 0 amide bonds. The molecule has 0 saturated carbocycles. The molecule has 2 aromatic heterocycles. The van der Waals surface area contributed by atoms with Crippen molar-refractivity contribution < 1.29 is 13.3 Å². The minimum absolute atomic E-state index is 0.0413. The molecule has 8 nitrogen and oxygen atoms in total. The molecule has 0 fully saturated rings. The lowest BCUT2D eigenvalue weighted by Crippen LogP contribution is -2.23. The Hall–Kier alpha value is -2.40. The molecule has 0 aliphatic rings. The van der Waals surface area contributed by atoms with Gasteiger partial charge in [-0.05, 0) is 24.3 Å². The number of nitro benzene ring substituents is 1. The van der Waals surface area contributed by atoms with Crippen LogP contribution in [0.15, 0.2) is 53.0 Å². The molecule has 0 unspecified atom stereocenters. The first-order valence-corrected chi connectivity index (χ1v) is 9.89. The van der Waals surface area contributed by atoms with E-state index in [1.807, 2.05) is 0 Å². The first kappa shape index (κ1) is 18.4. The lowest BCUT2D eigenvalue weighted by Gasteiger charge is -2.06. The molecule has 0 aliphatic carbocycles. The SMILES string of the molecule is O=[N+]([O-])c1cc(S(=O)(=O)NCc2csc(-c3ccncc3)n2)ccc1Cl. The number of nitro groups is 1. The summed E-state index contributed by atoms with van der Waals surface area (Å²) in [6, 6.07) is 6.92. The molecule has 0 saturated heterocycles. The van der Waals surface area contributed by atoms with Crippen LogP contribution in [0.25, 0.3) is 10.6 Å². The zero-order chi connectivity index (χ0) is 18.7. The van der Waals surface area contributed by atoms with E-state index in [4.69, 9.17) is 11.6 Å². The summed E-state index contributed by atoms with van der Waals surface area (Å²) >= 11 is 7.08. The lowest BCUT2D eigenvalue weighted by molar-refractivity contribution is -0.384. The van der Waals surface area contributed by atoms with Gasteiger partial charge < -0.3 is 0 Å². The van der Waals surface area contributed by atoms with Crippen LogP contribution in [0.2, 0.25) is 5.02 Å². The maximum Gasteiger partial charge on any atom is 0.289 e. The predicted octanol–water partition coefficient (Wildman–Crippen LogP) is 3.25. The average Bonchev–Trinajstić information content (AvgIpc) is 3.10. The fourth-order valence-electron chi connectivity index (χ4n) is 2.07. The van der Waals surface area contributed by atoms with E-state index in [9.17, 15) is 18.5 Å². The third-order valence-corrected chi connectivity index (χ3v) is 6.01. The molecule has 26 heavy (non-hydrogen) atoms. The largest absolute Gasteiger partial charge is 0.289 e. The van der Waals surface area contributed by atoms with E-state index in [0.29, 0.717) is 5.69 Å². The van der Waals surface area contributed by atoms with Crippen LogP contribution >= 0.6 is 22.9 Å². The van der Waals surface area contributed by atoms with Crippen LogP contribution in [0.5, 0.6) is 0 Å². The van der Waals surface area contributed by atoms with Gasteiger partial charge in [-0.3, -0.25) is 15.1 Å². The Morgan fingerprint density at radius 2 is 1.96 bits per heavy atom. The van der Waals surface area contributed by atoms with Crippen molar-refractivity contribution >= 4 is 38.6 Å². The molecule has 0 aliphatic heterocycles. The Kier molecular flexibility index (Phi) is 5.28. The summed E-state index contributed by atoms with van der Waals surface area (Å²) < 4.78 is 27.1. The van der Waals surface area contributed by atoms with Crippen molar-refractivity contribution in [3.05, 3.63) is 68.9 Å². The monoisotopic (exact) mass is 410 g/mol. The van der Waals surface area contributed by atoms with Gasteiger partial charge in [0, 0.05) is 29.4 Å². The summed E-state index contributed by atoms with van der Waals surface area (Å²) in [5, 5.41) is 13.3. The normalized spacial score (nSPS) is 11.4. The molecular weight excluding hydrogens is 400 g/mol. The Bertz CT molecular complexity index is 1050. The van der Waals surface area contributed by atoms with Gasteiger partial charge in [0.15, 0.2) is 0 Å². The molecular formula is C15H11ClN4O4S2. The number of hydrogen-bond acceptors (Lipinski definition) is 7. The van der Waals surface area contributed by atoms with Crippen molar-refractivity contribution in [1.29, 1.82) is 0 Å². The van der Waals surface area contributed by atoms with Gasteiger partial charge in [-0.2, -0.15) is 0 Å². The van der Waals surface area contributed by atoms with Crippen LogP contribution in [0, 0.1) is 10.1 Å². The highest BCUT2D eigenvalue weighted by molar-refractivity contribution is 7.89. The number of sulfonamides is 1. The number of hydrogen-bond donors (Lipinski definition) is 1. The van der Waals surface area contributed by atoms with E-state index >= 15 is 0 Å². The van der Waals surface area contributed by atoms with Crippen LogP contribution in [0.3, 0.4) is 0 Å². The highest BCUT2D eigenvalue weighted by Gasteiger charge is 2.20. The van der Waals surface area contributed by atoms with Crippen molar-refractivity contribution in [1.82, 2.24) is 14.7 Å². The summed E-state index contributed by atoms with van der Waals surface area (Å²) in [5.74, 6) is 0. The zero-order valence-electron chi connectivity index (χ0n) is 13.0. The van der Waals surface area contributed by atoms with Gasteiger partial charge >= 0.3 is 0 Å². The van der Waals surface area contributed by atoms with Gasteiger partial charge in [0.05, 0.1) is 22.1 Å². The molecule has 11 heteroatoms. The smallest absolute Gasteiger partial charge is 0.265 e. The molecule has 0 bridgehead atoms. The fraction of sp³-hybridized carbons (Fsp3) is 0.0667. The van der Waals surface area contributed by atoms with Crippen molar-refractivity contribution in [3.8, 4) is 10.6 Å². The third kappa shape index (κ3) is 4.05. The average molecular weight is 411 g/mol. The van der Waals surface area contributed by atoms with Crippen molar-refractivity contribution in [2.24, 2.45) is 0 Å². The van der Waals surface area contributed by atoms with E-state index in [-0.39, 0.29) is 16.5 Å². The molecule has 1 N–H and O–H groups in total. The van der Waals surface area contributed by atoms with Gasteiger partial charge in [0.25, 0.3) is 5.69 Å². The van der Waals surface area contributed by atoms with Gasteiger partial charge in [-0.15, -0.1) is 11.3 Å². The molecule has 0 spiro atoms. The number of aromatic nitrogens is 2. The molecule has 0 radical (unpaired) electrons. The number of nitrogens with zero attached hydrogens (tertiary/aromatic N) is 3. The van der Waals surface area contributed by atoms with Crippen molar-refractivity contribution in [2.45, 2.75) is 11.4 Å². The predicted molar refractivity (Wildman–Crippen MR) is 97.5 cm³/mol. The summed E-state index contributed by atoms with van der Waals surface area (Å²) in [7, 11) is -3.95. The highest BCUT2D eigenvalue weighted by atomic mass is 35.5. The Labute approximate surface area is 157 Å². The molecule has 0 atom stereocenters. The van der Waals surface area contributed by atoms with Crippen molar-refractivity contribution in [3.63, 3.8) is 0 Å². The standard InChI is InChI=1S/C15H11ClN4O4S2/c16-13-2-1-12(7-14(13)20(21)22)26(23,24)18-8-11-9-25-15(19-11)10-3-5-17-6-4-10/h1-7,9,18H,8H2. The van der Waals surface area contributed by atoms with Gasteiger partial charge in [-0.25, -0.2) is 18.1 Å². The fourth-order valence-corrected chi connectivity index (χ4v) is 4.10. The van der Waals surface area contributed by atoms with Crippen LogP contribution in [0.4, 0.5) is 5.69 Å². The van der Waals surface area contributed by atoms with Gasteiger partial charge in [0.2, 0.25) is 10.0 Å². The first-order valence-electron chi connectivity index (χ1n) is 7.15. The summed E-state index contributed by atoms with van der Waals surface area (Å²) in [6.07, 6.45) is 3.29. The van der Waals surface area contributed by atoms with E-state index in [1.54, 1.807) is 29.9 Å². The van der Waals surface area contributed by atoms with E-state index in [0.717, 1.165) is 16.6 Å². The van der Waals surface area contributed by atoms with Gasteiger partial charge in [-0.1, -0.05) is 11.6 Å². The second-order valence-electron chi connectivity index (χ2n) is 5.07. The number of thiazole rings is 1. The highest BCUT2D eigenvalue weighted by Crippen LogP contribution is 2.27. The number of halogens is 1. The van der Waals surface area contributed by atoms with E-state index in [2.05, 4.69) is 14.7 Å². The summed E-state index contributed by atoms with van der Waals surface area (Å²) in [4.78, 5) is 18.2. The maximum atomic E-state index is 12.4. The summed E-state index contributed by atoms with van der Waals surface area (Å²) in [6.45, 7) is -0.0413.